The zero-order valence-corrected chi connectivity index (χ0v) is 13.6. The van der Waals surface area contributed by atoms with Crippen LogP contribution in [0.25, 0.3) is 0 Å². The SMILES string of the molecule is CCCC(NC(=O)N1CCC(O)(C(F)(F)F)CC1)c1ccccc1. The summed E-state index contributed by atoms with van der Waals surface area (Å²) >= 11 is 0. The molecule has 1 saturated heterocycles. The average Bonchev–Trinajstić information content (AvgIpc) is 2.55. The van der Waals surface area contributed by atoms with E-state index in [0.717, 1.165) is 18.4 Å². The second-order valence-electron chi connectivity index (χ2n) is 6.22. The van der Waals surface area contributed by atoms with Gasteiger partial charge in [0.1, 0.15) is 0 Å². The quantitative estimate of drug-likeness (QED) is 0.876. The molecule has 0 bridgehead atoms. The number of benzene rings is 1. The summed E-state index contributed by atoms with van der Waals surface area (Å²) in [4.78, 5) is 13.7. The van der Waals surface area contributed by atoms with E-state index in [1.165, 1.54) is 4.90 Å². The molecule has 1 aliphatic rings. The molecule has 1 unspecified atom stereocenters. The minimum Gasteiger partial charge on any atom is -0.380 e. The van der Waals surface area contributed by atoms with Gasteiger partial charge in [-0.2, -0.15) is 13.2 Å². The second kappa shape index (κ2) is 7.42. The number of nitrogens with zero attached hydrogens (tertiary/aromatic N) is 1. The summed E-state index contributed by atoms with van der Waals surface area (Å²) in [6.45, 7) is 1.78. The fourth-order valence-corrected chi connectivity index (χ4v) is 2.90. The Balaban J connectivity index is 1.97. The lowest BCUT2D eigenvalue weighted by Gasteiger charge is -2.39. The maximum absolute atomic E-state index is 12.8. The molecule has 1 aromatic carbocycles. The number of halogens is 3. The molecule has 2 rings (SSSR count). The van der Waals surface area contributed by atoms with E-state index in [1.54, 1.807) is 0 Å². The summed E-state index contributed by atoms with van der Waals surface area (Å²) < 4.78 is 38.4. The summed E-state index contributed by atoms with van der Waals surface area (Å²) in [5.74, 6) is 0. The van der Waals surface area contributed by atoms with Crippen LogP contribution in [0.4, 0.5) is 18.0 Å². The summed E-state index contributed by atoms with van der Waals surface area (Å²) in [6.07, 6.45) is -4.03. The molecule has 134 valence electrons. The van der Waals surface area contributed by atoms with Gasteiger partial charge in [-0.25, -0.2) is 4.79 Å². The predicted molar refractivity (Wildman–Crippen MR) is 84.4 cm³/mol. The lowest BCUT2D eigenvalue weighted by molar-refractivity contribution is -0.271. The summed E-state index contributed by atoms with van der Waals surface area (Å²) in [6, 6.07) is 8.92. The third kappa shape index (κ3) is 4.20. The van der Waals surface area contributed by atoms with Crippen LogP contribution < -0.4 is 5.32 Å². The van der Waals surface area contributed by atoms with E-state index in [-0.39, 0.29) is 25.2 Å². The van der Waals surface area contributed by atoms with Gasteiger partial charge >= 0.3 is 12.2 Å². The molecule has 1 aliphatic heterocycles. The van der Waals surface area contributed by atoms with Crippen LogP contribution in [-0.4, -0.2) is 40.9 Å². The highest BCUT2D eigenvalue weighted by Crippen LogP contribution is 2.38. The van der Waals surface area contributed by atoms with Gasteiger partial charge in [0, 0.05) is 25.9 Å². The Morgan fingerprint density at radius 1 is 1.29 bits per heavy atom. The number of carbonyl (C=O) groups is 1. The van der Waals surface area contributed by atoms with E-state index >= 15 is 0 Å². The molecule has 1 atom stereocenters. The van der Waals surface area contributed by atoms with Gasteiger partial charge in [-0.05, 0) is 12.0 Å². The molecule has 0 aliphatic carbocycles. The number of likely N-dealkylation sites (tertiary alicyclic amines) is 1. The number of alkyl halides is 3. The number of piperidine rings is 1. The molecule has 7 heteroatoms. The van der Waals surface area contributed by atoms with Crippen molar-refractivity contribution >= 4 is 6.03 Å². The van der Waals surface area contributed by atoms with Crippen molar-refractivity contribution in [2.24, 2.45) is 0 Å². The Morgan fingerprint density at radius 3 is 2.38 bits per heavy atom. The van der Waals surface area contributed by atoms with E-state index in [0.29, 0.717) is 0 Å². The zero-order valence-electron chi connectivity index (χ0n) is 13.6. The van der Waals surface area contributed by atoms with Gasteiger partial charge in [0.15, 0.2) is 5.60 Å². The number of nitrogens with one attached hydrogen (secondary N) is 1. The fourth-order valence-electron chi connectivity index (χ4n) is 2.90. The number of amides is 2. The highest BCUT2D eigenvalue weighted by atomic mass is 19.4. The topological polar surface area (TPSA) is 52.6 Å². The van der Waals surface area contributed by atoms with Crippen LogP contribution in [-0.2, 0) is 0 Å². The number of aliphatic hydroxyl groups is 1. The number of urea groups is 1. The molecule has 0 saturated carbocycles. The fraction of sp³-hybridized carbons (Fsp3) is 0.588. The molecule has 24 heavy (non-hydrogen) atoms. The summed E-state index contributed by atoms with van der Waals surface area (Å²) in [5, 5.41) is 12.6. The van der Waals surface area contributed by atoms with E-state index in [4.69, 9.17) is 0 Å². The Bertz CT molecular complexity index is 541. The molecule has 4 nitrogen and oxygen atoms in total. The van der Waals surface area contributed by atoms with E-state index in [9.17, 15) is 23.1 Å². The second-order valence-corrected chi connectivity index (χ2v) is 6.22. The molecule has 0 aromatic heterocycles. The third-order valence-electron chi connectivity index (χ3n) is 4.48. The van der Waals surface area contributed by atoms with E-state index in [2.05, 4.69) is 5.32 Å². The first-order chi connectivity index (χ1) is 11.3. The Labute approximate surface area is 139 Å². The first kappa shape index (κ1) is 18.6. The molecule has 0 spiro atoms. The molecule has 2 N–H and O–H groups in total. The van der Waals surface area contributed by atoms with Gasteiger partial charge in [-0.15, -0.1) is 0 Å². The van der Waals surface area contributed by atoms with Crippen LogP contribution in [0, 0.1) is 0 Å². The largest absolute Gasteiger partial charge is 0.417 e. The third-order valence-corrected chi connectivity index (χ3v) is 4.48. The Morgan fingerprint density at radius 2 is 1.88 bits per heavy atom. The van der Waals surface area contributed by atoms with Gasteiger partial charge in [-0.3, -0.25) is 0 Å². The minimum atomic E-state index is -4.66. The Hall–Kier alpha value is -1.76. The van der Waals surface area contributed by atoms with Crippen LogP contribution in [0.3, 0.4) is 0 Å². The standard InChI is InChI=1S/C17H23F3N2O2/c1-2-6-14(13-7-4-3-5-8-13)21-15(23)22-11-9-16(24,10-12-22)17(18,19)20/h3-5,7-8,14,24H,2,6,9-12H2,1H3,(H,21,23). The lowest BCUT2D eigenvalue weighted by Crippen LogP contribution is -2.56. The molecule has 1 heterocycles. The van der Waals surface area contributed by atoms with E-state index < -0.39 is 24.6 Å². The first-order valence-electron chi connectivity index (χ1n) is 8.16. The van der Waals surface area contributed by atoms with Gasteiger partial charge in [0.25, 0.3) is 0 Å². The van der Waals surface area contributed by atoms with Crippen LogP contribution in [0.2, 0.25) is 0 Å². The minimum absolute atomic E-state index is 0.116. The van der Waals surface area contributed by atoms with Crippen molar-refractivity contribution in [3.63, 3.8) is 0 Å². The van der Waals surface area contributed by atoms with Crippen molar-refractivity contribution in [1.82, 2.24) is 10.2 Å². The lowest BCUT2D eigenvalue weighted by atomic mass is 9.91. The Kier molecular flexibility index (Phi) is 5.74. The van der Waals surface area contributed by atoms with Crippen molar-refractivity contribution in [2.45, 2.75) is 50.4 Å². The molecule has 2 amide bonds. The normalized spacial score (nSPS) is 19.0. The van der Waals surface area contributed by atoms with Gasteiger partial charge < -0.3 is 15.3 Å². The predicted octanol–water partition coefficient (Wildman–Crippen LogP) is 3.63. The smallest absolute Gasteiger partial charge is 0.380 e. The molecule has 1 aromatic rings. The van der Waals surface area contributed by atoms with Crippen LogP contribution in [0.1, 0.15) is 44.2 Å². The molecular weight excluding hydrogens is 321 g/mol. The molecule has 1 fully saturated rings. The van der Waals surface area contributed by atoms with Crippen molar-refractivity contribution in [3.05, 3.63) is 35.9 Å². The molecule has 0 radical (unpaired) electrons. The molecular formula is C17H23F3N2O2. The average molecular weight is 344 g/mol. The van der Waals surface area contributed by atoms with Crippen molar-refractivity contribution in [3.8, 4) is 0 Å². The van der Waals surface area contributed by atoms with Crippen LogP contribution in [0.15, 0.2) is 30.3 Å². The maximum atomic E-state index is 12.8. The van der Waals surface area contributed by atoms with Gasteiger partial charge in [-0.1, -0.05) is 43.7 Å². The van der Waals surface area contributed by atoms with E-state index in [1.807, 2.05) is 37.3 Å². The summed E-state index contributed by atoms with van der Waals surface area (Å²) in [5.41, 5.74) is -1.72. The summed E-state index contributed by atoms with van der Waals surface area (Å²) in [7, 11) is 0. The van der Waals surface area contributed by atoms with Crippen molar-refractivity contribution in [2.75, 3.05) is 13.1 Å². The maximum Gasteiger partial charge on any atom is 0.417 e. The number of carbonyl (C=O) groups excluding carboxylic acids is 1. The highest BCUT2D eigenvalue weighted by molar-refractivity contribution is 5.74. The van der Waals surface area contributed by atoms with Gasteiger partial charge in [0.2, 0.25) is 0 Å². The number of hydrogen-bond acceptors (Lipinski definition) is 2. The van der Waals surface area contributed by atoms with Crippen LogP contribution >= 0.6 is 0 Å². The highest BCUT2D eigenvalue weighted by Gasteiger charge is 2.54. The van der Waals surface area contributed by atoms with Crippen LogP contribution in [0.5, 0.6) is 0 Å². The monoisotopic (exact) mass is 344 g/mol. The van der Waals surface area contributed by atoms with Crippen molar-refractivity contribution < 1.29 is 23.1 Å². The first-order valence-corrected chi connectivity index (χ1v) is 8.16. The number of hydrogen-bond donors (Lipinski definition) is 2. The zero-order chi connectivity index (χ0) is 17.8. The number of rotatable bonds is 4. The van der Waals surface area contributed by atoms with Crippen molar-refractivity contribution in [1.29, 1.82) is 0 Å². The van der Waals surface area contributed by atoms with Gasteiger partial charge in [0.05, 0.1) is 6.04 Å².